The molecule has 0 saturated heterocycles. The van der Waals surface area contributed by atoms with E-state index in [1.165, 1.54) is 19.1 Å². The normalized spacial score (nSPS) is 12.1. The molecule has 0 heterocycles. The van der Waals surface area contributed by atoms with Crippen molar-refractivity contribution in [2.45, 2.75) is 38.3 Å². The number of anilines is 1. The van der Waals surface area contributed by atoms with E-state index >= 15 is 0 Å². The average Bonchev–Trinajstić information content (AvgIpc) is 2.80. The maximum atomic E-state index is 12.7. The van der Waals surface area contributed by atoms with Crippen LogP contribution in [-0.4, -0.2) is 27.0 Å². The molecular formula is C25H28N2O5S. The third-order valence-electron chi connectivity index (χ3n) is 4.85. The number of carbonyl (C=O) groups is 1. The standard InChI is InChI=1S/C25H28N2O5S/c1-4-31-24-15-14-23(16-18(24)2)33(29,30)27-19(3)25(28)26-21-10-12-22(13-11-21)32-17-20-8-6-5-7-9-20/h5-16,19,27H,4,17H2,1-3H3,(H,26,28)/t19-/m0/s1. The largest absolute Gasteiger partial charge is 0.494 e. The molecule has 1 amide bonds. The van der Waals surface area contributed by atoms with Crippen LogP contribution in [0.1, 0.15) is 25.0 Å². The van der Waals surface area contributed by atoms with Crippen molar-refractivity contribution in [3.8, 4) is 11.5 Å². The van der Waals surface area contributed by atoms with E-state index < -0.39 is 22.0 Å². The monoisotopic (exact) mass is 468 g/mol. The van der Waals surface area contributed by atoms with Gasteiger partial charge in [-0.15, -0.1) is 0 Å². The number of ether oxygens (including phenoxy) is 2. The summed E-state index contributed by atoms with van der Waals surface area (Å²) in [5.74, 6) is 0.814. The minimum absolute atomic E-state index is 0.0722. The number of nitrogens with one attached hydrogen (secondary N) is 2. The van der Waals surface area contributed by atoms with Gasteiger partial charge in [0.15, 0.2) is 0 Å². The number of rotatable bonds is 10. The molecule has 0 spiro atoms. The Hall–Kier alpha value is -3.36. The van der Waals surface area contributed by atoms with Gasteiger partial charge in [-0.2, -0.15) is 4.72 Å². The van der Waals surface area contributed by atoms with E-state index in [0.29, 0.717) is 36.0 Å². The van der Waals surface area contributed by atoms with Crippen LogP contribution in [0, 0.1) is 6.92 Å². The SMILES string of the molecule is CCOc1ccc(S(=O)(=O)N[C@@H](C)C(=O)Nc2ccc(OCc3ccccc3)cc2)cc1C. The minimum atomic E-state index is -3.88. The molecule has 0 aliphatic rings. The van der Waals surface area contributed by atoms with Crippen LogP contribution in [0.2, 0.25) is 0 Å². The number of benzene rings is 3. The first-order valence-corrected chi connectivity index (χ1v) is 12.1. The van der Waals surface area contributed by atoms with Crippen molar-refractivity contribution in [2.75, 3.05) is 11.9 Å². The van der Waals surface area contributed by atoms with Gasteiger partial charge in [0.25, 0.3) is 0 Å². The Morgan fingerprint density at radius 3 is 2.30 bits per heavy atom. The highest BCUT2D eigenvalue weighted by molar-refractivity contribution is 7.89. The molecule has 3 rings (SSSR count). The second-order valence-corrected chi connectivity index (χ2v) is 9.21. The van der Waals surface area contributed by atoms with Gasteiger partial charge in [0, 0.05) is 5.69 Å². The van der Waals surface area contributed by atoms with E-state index in [1.54, 1.807) is 37.3 Å². The fraction of sp³-hybridized carbons (Fsp3) is 0.240. The van der Waals surface area contributed by atoms with Gasteiger partial charge in [-0.25, -0.2) is 8.42 Å². The molecule has 0 fully saturated rings. The zero-order chi connectivity index (χ0) is 23.8. The van der Waals surface area contributed by atoms with Gasteiger partial charge >= 0.3 is 0 Å². The van der Waals surface area contributed by atoms with Gasteiger partial charge in [0.1, 0.15) is 18.1 Å². The summed E-state index contributed by atoms with van der Waals surface area (Å²) in [6, 6.07) is 20.3. The first-order chi connectivity index (χ1) is 15.8. The fourth-order valence-electron chi connectivity index (χ4n) is 3.09. The second-order valence-electron chi connectivity index (χ2n) is 7.49. The molecule has 174 valence electrons. The topological polar surface area (TPSA) is 93.7 Å². The zero-order valence-electron chi connectivity index (χ0n) is 18.9. The molecule has 0 aromatic heterocycles. The Morgan fingerprint density at radius 1 is 0.970 bits per heavy atom. The van der Waals surface area contributed by atoms with Crippen LogP contribution in [0.25, 0.3) is 0 Å². The molecule has 8 heteroatoms. The molecule has 0 saturated carbocycles. The van der Waals surface area contributed by atoms with Crippen molar-refractivity contribution in [1.29, 1.82) is 0 Å². The molecule has 3 aromatic carbocycles. The predicted octanol–water partition coefficient (Wildman–Crippen LogP) is 4.28. The molecule has 3 aromatic rings. The van der Waals surface area contributed by atoms with Crippen LogP contribution < -0.4 is 19.5 Å². The van der Waals surface area contributed by atoms with Crippen LogP contribution in [0.3, 0.4) is 0 Å². The summed E-state index contributed by atoms with van der Waals surface area (Å²) in [6.07, 6.45) is 0. The quantitative estimate of drug-likeness (QED) is 0.463. The Kier molecular flexibility index (Phi) is 8.08. The Morgan fingerprint density at radius 2 is 1.67 bits per heavy atom. The van der Waals surface area contributed by atoms with Crippen molar-refractivity contribution >= 4 is 21.6 Å². The minimum Gasteiger partial charge on any atom is -0.494 e. The summed E-state index contributed by atoms with van der Waals surface area (Å²) in [6.45, 7) is 6.05. The zero-order valence-corrected chi connectivity index (χ0v) is 19.7. The van der Waals surface area contributed by atoms with Gasteiger partial charge in [0.05, 0.1) is 17.5 Å². The van der Waals surface area contributed by atoms with Crippen molar-refractivity contribution in [1.82, 2.24) is 4.72 Å². The van der Waals surface area contributed by atoms with Crippen molar-refractivity contribution in [3.63, 3.8) is 0 Å². The van der Waals surface area contributed by atoms with E-state index in [1.807, 2.05) is 37.3 Å². The summed E-state index contributed by atoms with van der Waals surface area (Å²) in [4.78, 5) is 12.6. The van der Waals surface area contributed by atoms with E-state index in [2.05, 4.69) is 10.0 Å². The third kappa shape index (κ3) is 6.81. The van der Waals surface area contributed by atoms with Gasteiger partial charge in [0.2, 0.25) is 15.9 Å². The van der Waals surface area contributed by atoms with E-state index in [-0.39, 0.29) is 4.90 Å². The lowest BCUT2D eigenvalue weighted by Crippen LogP contribution is -2.41. The van der Waals surface area contributed by atoms with Crippen LogP contribution in [0.5, 0.6) is 11.5 Å². The molecule has 1 atom stereocenters. The Labute approximate surface area is 194 Å². The van der Waals surface area contributed by atoms with E-state index in [0.717, 1.165) is 5.56 Å². The molecule has 0 bridgehead atoms. The lowest BCUT2D eigenvalue weighted by molar-refractivity contribution is -0.117. The first-order valence-electron chi connectivity index (χ1n) is 10.6. The number of sulfonamides is 1. The molecule has 0 aliphatic heterocycles. The average molecular weight is 469 g/mol. The summed E-state index contributed by atoms with van der Waals surface area (Å²) < 4.78 is 39.0. The molecular weight excluding hydrogens is 440 g/mol. The molecule has 0 aliphatic carbocycles. The van der Waals surface area contributed by atoms with Gasteiger partial charge in [-0.3, -0.25) is 4.79 Å². The van der Waals surface area contributed by atoms with Gasteiger partial charge in [-0.1, -0.05) is 30.3 Å². The highest BCUT2D eigenvalue weighted by Gasteiger charge is 2.23. The summed E-state index contributed by atoms with van der Waals surface area (Å²) in [5.41, 5.74) is 2.29. The smallest absolute Gasteiger partial charge is 0.242 e. The summed E-state index contributed by atoms with van der Waals surface area (Å²) in [7, 11) is -3.88. The lowest BCUT2D eigenvalue weighted by atomic mass is 10.2. The van der Waals surface area contributed by atoms with Crippen molar-refractivity contribution in [3.05, 3.63) is 83.9 Å². The maximum absolute atomic E-state index is 12.7. The Balaban J connectivity index is 1.57. The number of amides is 1. The molecule has 2 N–H and O–H groups in total. The number of hydrogen-bond donors (Lipinski definition) is 2. The molecule has 0 radical (unpaired) electrons. The highest BCUT2D eigenvalue weighted by atomic mass is 32.2. The number of hydrogen-bond acceptors (Lipinski definition) is 5. The predicted molar refractivity (Wildman–Crippen MR) is 128 cm³/mol. The van der Waals surface area contributed by atoms with Gasteiger partial charge < -0.3 is 14.8 Å². The molecule has 7 nitrogen and oxygen atoms in total. The van der Waals surface area contributed by atoms with Crippen LogP contribution in [0.4, 0.5) is 5.69 Å². The maximum Gasteiger partial charge on any atom is 0.242 e. The Bertz CT molecular complexity index is 1180. The van der Waals surface area contributed by atoms with Gasteiger partial charge in [-0.05, 0) is 74.4 Å². The third-order valence-corrected chi connectivity index (χ3v) is 6.39. The second kappa shape index (κ2) is 11.0. The van der Waals surface area contributed by atoms with E-state index in [4.69, 9.17) is 9.47 Å². The molecule has 0 unspecified atom stereocenters. The summed E-state index contributed by atoms with van der Waals surface area (Å²) >= 11 is 0. The lowest BCUT2D eigenvalue weighted by Gasteiger charge is -2.16. The number of aryl methyl sites for hydroxylation is 1. The van der Waals surface area contributed by atoms with Crippen molar-refractivity contribution < 1.29 is 22.7 Å². The van der Waals surface area contributed by atoms with E-state index in [9.17, 15) is 13.2 Å². The first kappa shape index (κ1) is 24.3. The van der Waals surface area contributed by atoms with Crippen LogP contribution in [0.15, 0.2) is 77.7 Å². The summed E-state index contributed by atoms with van der Waals surface area (Å²) in [5, 5.41) is 2.71. The highest BCUT2D eigenvalue weighted by Crippen LogP contribution is 2.22. The fourth-order valence-corrected chi connectivity index (χ4v) is 4.37. The molecule has 33 heavy (non-hydrogen) atoms. The van der Waals surface area contributed by atoms with Crippen molar-refractivity contribution in [2.24, 2.45) is 0 Å². The van der Waals surface area contributed by atoms with Crippen LogP contribution >= 0.6 is 0 Å². The van der Waals surface area contributed by atoms with Crippen LogP contribution in [-0.2, 0) is 21.4 Å². The number of carbonyl (C=O) groups excluding carboxylic acids is 1.